The number of esters is 1. The predicted octanol–water partition coefficient (Wildman–Crippen LogP) is 8.31. The fourth-order valence-corrected chi connectivity index (χ4v) is 6.16. The summed E-state index contributed by atoms with van der Waals surface area (Å²) in [6.07, 6.45) is 10.7. The SMILES string of the molecule is COc1ccc(COC/C=C/C[C@H]2CC(O[Si](C)(C)C(C)(C)C)[C@@H](C)C/C=C/Cc3cccc(OC)c3C(=O)O2)cc1. The third-order valence-corrected chi connectivity index (χ3v) is 12.9. The van der Waals surface area contributed by atoms with Gasteiger partial charge < -0.3 is 23.4 Å². The molecule has 2 aromatic rings. The van der Waals surface area contributed by atoms with Crippen LogP contribution in [-0.2, 0) is 26.9 Å². The Bertz CT molecular complexity index is 1190. The molecule has 1 unspecified atom stereocenters. The molecule has 0 aliphatic carbocycles. The van der Waals surface area contributed by atoms with E-state index in [-0.39, 0.29) is 29.1 Å². The maximum absolute atomic E-state index is 13.7. The molecule has 1 aliphatic rings. The summed E-state index contributed by atoms with van der Waals surface area (Å²) in [6, 6.07) is 13.6. The van der Waals surface area contributed by atoms with E-state index in [1.165, 1.54) is 0 Å². The number of hydrogen-bond donors (Lipinski definition) is 0. The van der Waals surface area contributed by atoms with Gasteiger partial charge in [-0.1, -0.05) is 76.3 Å². The van der Waals surface area contributed by atoms with Gasteiger partial charge in [0.15, 0.2) is 8.32 Å². The molecule has 0 aromatic heterocycles. The Morgan fingerprint density at radius 3 is 2.40 bits per heavy atom. The largest absolute Gasteiger partial charge is 0.497 e. The molecule has 42 heavy (non-hydrogen) atoms. The van der Waals surface area contributed by atoms with Gasteiger partial charge in [0, 0.05) is 12.8 Å². The van der Waals surface area contributed by atoms with E-state index >= 15 is 0 Å². The summed E-state index contributed by atoms with van der Waals surface area (Å²) in [5.41, 5.74) is 2.48. The smallest absolute Gasteiger partial charge is 0.342 e. The molecule has 7 heteroatoms. The Morgan fingerprint density at radius 2 is 1.74 bits per heavy atom. The van der Waals surface area contributed by atoms with E-state index in [1.54, 1.807) is 14.2 Å². The Labute approximate surface area is 254 Å². The van der Waals surface area contributed by atoms with Crippen LogP contribution in [0, 0.1) is 5.92 Å². The molecule has 3 rings (SSSR count). The highest BCUT2D eigenvalue weighted by Crippen LogP contribution is 2.39. The average Bonchev–Trinajstić information content (AvgIpc) is 2.95. The molecular formula is C35H50O6Si. The minimum atomic E-state index is -2.06. The van der Waals surface area contributed by atoms with E-state index in [0.29, 0.717) is 43.8 Å². The lowest BCUT2D eigenvalue weighted by molar-refractivity contribution is 0.00931. The van der Waals surface area contributed by atoms with Crippen LogP contribution >= 0.6 is 0 Å². The number of ether oxygens (including phenoxy) is 4. The molecule has 2 aromatic carbocycles. The number of cyclic esters (lactones) is 1. The number of hydrogen-bond acceptors (Lipinski definition) is 6. The summed E-state index contributed by atoms with van der Waals surface area (Å²) in [6.45, 7) is 14.6. The molecule has 6 nitrogen and oxygen atoms in total. The van der Waals surface area contributed by atoms with E-state index in [4.69, 9.17) is 23.4 Å². The second kappa shape index (κ2) is 15.6. The fraction of sp³-hybridized carbons (Fsp3) is 0.514. The molecule has 0 spiro atoms. The zero-order chi connectivity index (χ0) is 30.8. The standard InChI is InChI=1S/C35H50O6Si/c1-26-14-9-10-15-28-16-13-18-31(38-6)33(28)34(36)40-30(24-32(26)41-42(7,8)35(2,3)4)17-11-12-23-39-25-27-19-21-29(37-5)22-20-27/h9-13,16,18-22,26,30,32H,14-15,17,23-25H2,1-8H3/b10-9+,12-11+/t26-,30-,32?/m0/s1. The highest BCUT2D eigenvalue weighted by molar-refractivity contribution is 6.74. The van der Waals surface area contributed by atoms with E-state index in [0.717, 1.165) is 23.3 Å². The minimum absolute atomic E-state index is 0.0374. The third-order valence-electron chi connectivity index (χ3n) is 8.41. The van der Waals surface area contributed by atoms with Crippen LogP contribution in [0.15, 0.2) is 66.8 Å². The summed E-state index contributed by atoms with van der Waals surface area (Å²) >= 11 is 0. The van der Waals surface area contributed by atoms with Crippen LogP contribution in [-0.4, -0.2) is 47.3 Å². The first-order chi connectivity index (χ1) is 19.9. The van der Waals surface area contributed by atoms with Crippen LogP contribution < -0.4 is 9.47 Å². The van der Waals surface area contributed by atoms with E-state index in [2.05, 4.69) is 59.0 Å². The molecule has 0 radical (unpaired) electrons. The van der Waals surface area contributed by atoms with Crippen molar-refractivity contribution >= 4 is 14.3 Å². The van der Waals surface area contributed by atoms with Crippen LogP contribution in [0.4, 0.5) is 0 Å². The van der Waals surface area contributed by atoms with Crippen molar-refractivity contribution < 1.29 is 28.2 Å². The molecule has 0 saturated carbocycles. The lowest BCUT2D eigenvalue weighted by Gasteiger charge is -2.41. The van der Waals surface area contributed by atoms with Gasteiger partial charge >= 0.3 is 5.97 Å². The van der Waals surface area contributed by atoms with Gasteiger partial charge in [-0.05, 0) is 66.2 Å². The van der Waals surface area contributed by atoms with Crippen molar-refractivity contribution in [2.45, 2.75) is 90.3 Å². The van der Waals surface area contributed by atoms with Crippen molar-refractivity contribution in [3.63, 3.8) is 0 Å². The number of benzene rings is 2. The number of carbonyl (C=O) groups is 1. The molecule has 0 fully saturated rings. The van der Waals surface area contributed by atoms with Gasteiger partial charge in [0.1, 0.15) is 23.2 Å². The fourth-order valence-electron chi connectivity index (χ4n) is 4.72. The quantitative estimate of drug-likeness (QED) is 0.119. The van der Waals surface area contributed by atoms with Gasteiger partial charge in [-0.2, -0.15) is 0 Å². The Kier molecular flexibility index (Phi) is 12.5. The van der Waals surface area contributed by atoms with Crippen LogP contribution in [0.2, 0.25) is 18.1 Å². The molecular weight excluding hydrogens is 544 g/mol. The van der Waals surface area contributed by atoms with Gasteiger partial charge in [0.25, 0.3) is 0 Å². The van der Waals surface area contributed by atoms with Crippen molar-refractivity contribution in [1.82, 2.24) is 0 Å². The van der Waals surface area contributed by atoms with Crippen LogP contribution in [0.5, 0.6) is 11.5 Å². The topological polar surface area (TPSA) is 63.2 Å². The number of allylic oxidation sites excluding steroid dienone is 2. The average molecular weight is 595 g/mol. The summed E-state index contributed by atoms with van der Waals surface area (Å²) in [7, 11) is 1.19. The molecule has 1 aliphatic heterocycles. The number of carbonyl (C=O) groups excluding carboxylic acids is 1. The molecule has 0 amide bonds. The predicted molar refractivity (Wildman–Crippen MR) is 172 cm³/mol. The monoisotopic (exact) mass is 594 g/mol. The van der Waals surface area contributed by atoms with Crippen LogP contribution in [0.25, 0.3) is 0 Å². The molecule has 230 valence electrons. The first kappa shape index (κ1) is 33.6. The normalized spacial score (nSPS) is 21.1. The second-order valence-corrected chi connectivity index (χ2v) is 17.4. The maximum Gasteiger partial charge on any atom is 0.342 e. The van der Waals surface area contributed by atoms with Gasteiger partial charge in [0.2, 0.25) is 0 Å². The zero-order valence-electron chi connectivity index (χ0n) is 26.8. The maximum atomic E-state index is 13.7. The second-order valence-electron chi connectivity index (χ2n) is 12.6. The van der Waals surface area contributed by atoms with Crippen molar-refractivity contribution in [2.24, 2.45) is 5.92 Å². The Hall–Kier alpha value is -2.87. The van der Waals surface area contributed by atoms with Crippen LogP contribution in [0.1, 0.15) is 68.4 Å². The zero-order valence-corrected chi connectivity index (χ0v) is 27.8. The summed E-state index contributed by atoms with van der Waals surface area (Å²) in [4.78, 5) is 13.7. The highest BCUT2D eigenvalue weighted by atomic mass is 28.4. The van der Waals surface area contributed by atoms with Crippen molar-refractivity contribution in [3.05, 3.63) is 83.5 Å². The molecule has 3 atom stereocenters. The van der Waals surface area contributed by atoms with Gasteiger partial charge in [-0.3, -0.25) is 0 Å². The van der Waals surface area contributed by atoms with Crippen molar-refractivity contribution in [3.8, 4) is 11.5 Å². The van der Waals surface area contributed by atoms with E-state index in [9.17, 15) is 4.79 Å². The van der Waals surface area contributed by atoms with Gasteiger partial charge in [-0.25, -0.2) is 4.79 Å². The van der Waals surface area contributed by atoms with Crippen LogP contribution in [0.3, 0.4) is 0 Å². The minimum Gasteiger partial charge on any atom is -0.497 e. The molecule has 1 heterocycles. The summed E-state index contributed by atoms with van der Waals surface area (Å²) in [5, 5.41) is 0.0753. The molecule has 0 N–H and O–H groups in total. The van der Waals surface area contributed by atoms with Crippen molar-refractivity contribution in [2.75, 3.05) is 20.8 Å². The van der Waals surface area contributed by atoms with E-state index < -0.39 is 8.32 Å². The van der Waals surface area contributed by atoms with Crippen molar-refractivity contribution in [1.29, 1.82) is 0 Å². The highest BCUT2D eigenvalue weighted by Gasteiger charge is 2.41. The number of fused-ring (bicyclic) bond motifs is 1. The third kappa shape index (κ3) is 9.58. The van der Waals surface area contributed by atoms with E-state index in [1.807, 2.05) is 48.5 Å². The van der Waals surface area contributed by atoms with Gasteiger partial charge in [0.05, 0.1) is 33.5 Å². The Morgan fingerprint density at radius 1 is 1.00 bits per heavy atom. The summed E-state index contributed by atoms with van der Waals surface area (Å²) < 4.78 is 29.9. The first-order valence-electron chi connectivity index (χ1n) is 15.0. The Balaban J connectivity index is 1.79. The lowest BCUT2D eigenvalue weighted by atomic mass is 9.93. The number of rotatable bonds is 10. The molecule has 0 bridgehead atoms. The van der Waals surface area contributed by atoms with Gasteiger partial charge in [-0.15, -0.1) is 0 Å². The first-order valence-corrected chi connectivity index (χ1v) is 17.9. The lowest BCUT2D eigenvalue weighted by Crippen LogP contribution is -2.46. The molecule has 0 saturated heterocycles. The summed E-state index contributed by atoms with van der Waals surface area (Å²) in [5.74, 6) is 1.28. The number of methoxy groups -OCH3 is 2.